The molecule has 30 heavy (non-hydrogen) atoms. The fraction of sp³-hybridized carbons (Fsp3) is 0.208. The molecule has 1 N–H and O–H groups in total. The number of benzene rings is 3. The topological polar surface area (TPSA) is 66.5 Å². The zero-order valence-corrected chi connectivity index (χ0v) is 18.4. The van der Waals surface area contributed by atoms with Crippen LogP contribution in [0.2, 0.25) is 0 Å². The maximum Gasteiger partial charge on any atom is 0.264 e. The molecule has 0 aliphatic heterocycles. The van der Waals surface area contributed by atoms with Gasteiger partial charge in [-0.3, -0.25) is 9.10 Å². The third-order valence-corrected chi connectivity index (χ3v) is 6.90. The Morgan fingerprint density at radius 1 is 0.933 bits per heavy atom. The van der Waals surface area contributed by atoms with E-state index in [1.165, 1.54) is 23.5 Å². The third-order valence-electron chi connectivity index (χ3n) is 5.13. The van der Waals surface area contributed by atoms with Gasteiger partial charge in [-0.15, -0.1) is 0 Å². The highest BCUT2D eigenvalue weighted by molar-refractivity contribution is 7.92. The van der Waals surface area contributed by atoms with Crippen LogP contribution >= 0.6 is 0 Å². The quantitative estimate of drug-likeness (QED) is 0.630. The van der Waals surface area contributed by atoms with E-state index in [2.05, 4.69) is 5.32 Å². The number of hydrogen-bond acceptors (Lipinski definition) is 3. The number of aryl methyl sites for hydroxylation is 2. The number of amides is 1. The van der Waals surface area contributed by atoms with Crippen LogP contribution in [0.4, 0.5) is 5.69 Å². The van der Waals surface area contributed by atoms with Crippen LogP contribution in [0.25, 0.3) is 0 Å². The van der Waals surface area contributed by atoms with E-state index in [1.54, 1.807) is 24.3 Å². The van der Waals surface area contributed by atoms with Crippen LogP contribution in [0.5, 0.6) is 0 Å². The minimum atomic E-state index is -3.80. The number of hydrogen-bond donors (Lipinski definition) is 1. The molecule has 6 heteroatoms. The molecule has 0 radical (unpaired) electrons. The molecule has 0 heterocycles. The van der Waals surface area contributed by atoms with Crippen molar-refractivity contribution in [3.63, 3.8) is 0 Å². The standard InChI is InChI=1S/C24H26N2O3S/c1-17-12-14-20(15-13-17)19(3)25-24(27)21-9-7-10-22(16-21)30(28,29)26(4)23-11-6-5-8-18(23)2/h5-16,19H,1-4H3,(H,25,27). The molecule has 3 aromatic carbocycles. The van der Waals surface area contributed by atoms with Crippen molar-refractivity contribution in [2.24, 2.45) is 0 Å². The van der Waals surface area contributed by atoms with Gasteiger partial charge in [-0.2, -0.15) is 0 Å². The summed E-state index contributed by atoms with van der Waals surface area (Å²) in [6.07, 6.45) is 0. The molecule has 1 amide bonds. The van der Waals surface area contributed by atoms with Crippen molar-refractivity contribution in [3.05, 3.63) is 95.1 Å². The maximum absolute atomic E-state index is 13.1. The van der Waals surface area contributed by atoms with Crippen LogP contribution in [0.3, 0.4) is 0 Å². The molecule has 0 spiro atoms. The van der Waals surface area contributed by atoms with Crippen molar-refractivity contribution in [2.45, 2.75) is 31.7 Å². The second-order valence-corrected chi connectivity index (χ2v) is 9.36. The van der Waals surface area contributed by atoms with Gasteiger partial charge in [0.1, 0.15) is 0 Å². The van der Waals surface area contributed by atoms with Crippen molar-refractivity contribution in [1.82, 2.24) is 5.32 Å². The summed E-state index contributed by atoms with van der Waals surface area (Å²) >= 11 is 0. The minimum Gasteiger partial charge on any atom is -0.346 e. The summed E-state index contributed by atoms with van der Waals surface area (Å²) in [7, 11) is -2.28. The predicted octanol–water partition coefficient (Wildman–Crippen LogP) is 4.62. The molecule has 0 saturated heterocycles. The Balaban J connectivity index is 1.83. The Labute approximate surface area is 178 Å². The van der Waals surface area contributed by atoms with Crippen LogP contribution in [-0.4, -0.2) is 21.4 Å². The summed E-state index contributed by atoms with van der Waals surface area (Å²) < 4.78 is 27.5. The van der Waals surface area contributed by atoms with E-state index in [4.69, 9.17) is 0 Å². The summed E-state index contributed by atoms with van der Waals surface area (Å²) in [5.41, 5.74) is 3.88. The minimum absolute atomic E-state index is 0.0730. The highest BCUT2D eigenvalue weighted by Gasteiger charge is 2.23. The molecule has 1 unspecified atom stereocenters. The number of sulfonamides is 1. The maximum atomic E-state index is 13.1. The SMILES string of the molecule is Cc1ccc(C(C)NC(=O)c2cccc(S(=O)(=O)N(C)c3ccccc3C)c2)cc1. The Hall–Kier alpha value is -3.12. The Kier molecular flexibility index (Phi) is 6.27. The zero-order valence-electron chi connectivity index (χ0n) is 17.6. The number of carbonyl (C=O) groups is 1. The van der Waals surface area contributed by atoms with Crippen molar-refractivity contribution >= 4 is 21.6 Å². The van der Waals surface area contributed by atoms with Gasteiger partial charge in [-0.05, 0) is 56.2 Å². The summed E-state index contributed by atoms with van der Waals surface area (Å²) in [5.74, 6) is -0.321. The van der Waals surface area contributed by atoms with Gasteiger partial charge in [-0.1, -0.05) is 54.1 Å². The third kappa shape index (κ3) is 4.54. The number of para-hydroxylation sites is 1. The van der Waals surface area contributed by atoms with Gasteiger partial charge in [0, 0.05) is 12.6 Å². The van der Waals surface area contributed by atoms with E-state index in [1.807, 2.05) is 57.2 Å². The fourth-order valence-electron chi connectivity index (χ4n) is 3.22. The smallest absolute Gasteiger partial charge is 0.264 e. The van der Waals surface area contributed by atoms with Crippen molar-refractivity contribution in [1.29, 1.82) is 0 Å². The molecule has 0 fully saturated rings. The summed E-state index contributed by atoms with van der Waals surface area (Å²) in [5, 5.41) is 2.93. The van der Waals surface area contributed by atoms with Gasteiger partial charge in [0.2, 0.25) is 0 Å². The molecule has 3 rings (SSSR count). The lowest BCUT2D eigenvalue weighted by Crippen LogP contribution is -2.29. The lowest BCUT2D eigenvalue weighted by molar-refractivity contribution is 0.0939. The Morgan fingerprint density at radius 2 is 1.60 bits per heavy atom. The van der Waals surface area contributed by atoms with Crippen LogP contribution in [-0.2, 0) is 10.0 Å². The highest BCUT2D eigenvalue weighted by atomic mass is 32.2. The van der Waals surface area contributed by atoms with E-state index in [-0.39, 0.29) is 16.8 Å². The Bertz CT molecular complexity index is 1160. The van der Waals surface area contributed by atoms with E-state index in [9.17, 15) is 13.2 Å². The van der Waals surface area contributed by atoms with E-state index in [0.29, 0.717) is 11.3 Å². The molecule has 5 nitrogen and oxygen atoms in total. The number of nitrogens with zero attached hydrogens (tertiary/aromatic N) is 1. The molecule has 0 saturated carbocycles. The second kappa shape index (κ2) is 8.71. The first-order valence-electron chi connectivity index (χ1n) is 9.72. The molecule has 0 aromatic heterocycles. The van der Waals surface area contributed by atoms with E-state index in [0.717, 1.165) is 16.7 Å². The zero-order chi connectivity index (χ0) is 21.9. The van der Waals surface area contributed by atoms with Crippen LogP contribution in [0.15, 0.2) is 77.7 Å². The average Bonchev–Trinajstić information content (AvgIpc) is 2.74. The lowest BCUT2D eigenvalue weighted by Gasteiger charge is -2.21. The summed E-state index contributed by atoms with van der Waals surface area (Å²) in [6, 6.07) is 21.1. The van der Waals surface area contributed by atoms with E-state index >= 15 is 0 Å². The summed E-state index contributed by atoms with van der Waals surface area (Å²) in [4.78, 5) is 12.8. The number of rotatable bonds is 6. The highest BCUT2D eigenvalue weighted by Crippen LogP contribution is 2.25. The lowest BCUT2D eigenvalue weighted by atomic mass is 10.1. The molecular weight excluding hydrogens is 396 g/mol. The molecule has 0 aliphatic rings. The predicted molar refractivity (Wildman–Crippen MR) is 120 cm³/mol. The number of nitrogens with one attached hydrogen (secondary N) is 1. The monoisotopic (exact) mass is 422 g/mol. The van der Waals surface area contributed by atoms with Gasteiger partial charge in [0.25, 0.3) is 15.9 Å². The average molecular weight is 423 g/mol. The van der Waals surface area contributed by atoms with Crippen LogP contribution in [0.1, 0.15) is 40.0 Å². The van der Waals surface area contributed by atoms with Gasteiger partial charge in [-0.25, -0.2) is 8.42 Å². The molecular formula is C24H26N2O3S. The van der Waals surface area contributed by atoms with Gasteiger partial charge < -0.3 is 5.32 Å². The first-order chi connectivity index (χ1) is 14.2. The Morgan fingerprint density at radius 3 is 2.27 bits per heavy atom. The fourth-order valence-corrected chi connectivity index (χ4v) is 4.53. The van der Waals surface area contributed by atoms with Gasteiger partial charge in [0.05, 0.1) is 16.6 Å². The molecule has 156 valence electrons. The van der Waals surface area contributed by atoms with Crippen LogP contribution in [0, 0.1) is 13.8 Å². The molecule has 0 bridgehead atoms. The molecule has 3 aromatic rings. The number of carbonyl (C=O) groups excluding carboxylic acids is 1. The van der Waals surface area contributed by atoms with Crippen LogP contribution < -0.4 is 9.62 Å². The van der Waals surface area contributed by atoms with Crippen molar-refractivity contribution in [2.75, 3.05) is 11.4 Å². The molecule has 1 atom stereocenters. The largest absolute Gasteiger partial charge is 0.346 e. The molecule has 0 aliphatic carbocycles. The first-order valence-corrected chi connectivity index (χ1v) is 11.2. The summed E-state index contributed by atoms with van der Waals surface area (Å²) in [6.45, 7) is 5.76. The second-order valence-electron chi connectivity index (χ2n) is 7.39. The van der Waals surface area contributed by atoms with Crippen molar-refractivity contribution < 1.29 is 13.2 Å². The van der Waals surface area contributed by atoms with E-state index < -0.39 is 10.0 Å². The normalized spacial score (nSPS) is 12.3. The van der Waals surface area contributed by atoms with Gasteiger partial charge in [0.15, 0.2) is 0 Å². The van der Waals surface area contributed by atoms with Crippen molar-refractivity contribution in [3.8, 4) is 0 Å². The van der Waals surface area contributed by atoms with Gasteiger partial charge >= 0.3 is 0 Å². The first kappa shape index (κ1) is 21.6. The number of anilines is 1.